The van der Waals surface area contributed by atoms with Gasteiger partial charge in [0.15, 0.2) is 0 Å². The highest BCUT2D eigenvalue weighted by Gasteiger charge is 2.27. The number of nitrogens with zero attached hydrogens (tertiary/aromatic N) is 2. The van der Waals surface area contributed by atoms with Gasteiger partial charge in [0.2, 0.25) is 0 Å². The van der Waals surface area contributed by atoms with Gasteiger partial charge in [-0.15, -0.1) is 11.3 Å². The summed E-state index contributed by atoms with van der Waals surface area (Å²) in [5, 5.41) is 12.1. The van der Waals surface area contributed by atoms with Crippen molar-refractivity contribution in [2.45, 2.75) is 52.4 Å². The topological polar surface area (TPSA) is 8.82 Å². The van der Waals surface area contributed by atoms with E-state index in [1.54, 1.807) is 0 Å². The van der Waals surface area contributed by atoms with Gasteiger partial charge in [0.05, 0.1) is 37.2 Å². The minimum absolute atomic E-state index is 0.283. The van der Waals surface area contributed by atoms with Crippen molar-refractivity contribution < 1.29 is 4.11 Å². The van der Waals surface area contributed by atoms with Crippen LogP contribution in [0.3, 0.4) is 0 Å². The molecule has 0 saturated heterocycles. The number of para-hydroxylation sites is 2. The second-order valence-electron chi connectivity index (χ2n) is 17.1. The summed E-state index contributed by atoms with van der Waals surface area (Å²) in [4.78, 5) is 0. The molecule has 254 valence electrons. The fourth-order valence-electron chi connectivity index (χ4n) is 9.34. The largest absolute Gasteiger partial charge is 0.308 e. The third kappa shape index (κ3) is 3.73. The molecule has 53 heavy (non-hydrogen) atoms. The second kappa shape index (κ2) is 9.66. The van der Waals surface area contributed by atoms with Gasteiger partial charge < -0.3 is 8.80 Å². The molecule has 5 heterocycles. The zero-order chi connectivity index (χ0) is 38.3. The number of hydrogen-bond donors (Lipinski definition) is 0. The molecule has 0 atom stereocenters. The molecule has 0 radical (unpaired) electrons. The molecule has 7 aromatic carbocycles. The standard InChI is InChI=1S/C50H38N2S/c1-49(2,3)28-22-27(23-29(24-28)50(4,5)6)30-18-19-35-45-39(20-21-43-46(45)34-13-8-10-17-42(34)53-43)52-41-25-36-33-15-11-14-32-31-12-7-9-16-38(31)51(47(32)33)40(36)26-37(41)44(30)48(35)52/h7-26H,1-6H3/i22D,23D,24D. The Morgan fingerprint density at radius 3 is 1.87 bits per heavy atom. The molecule has 0 aliphatic rings. The Morgan fingerprint density at radius 2 is 1.09 bits per heavy atom. The maximum Gasteiger partial charge on any atom is 0.0632 e. The van der Waals surface area contributed by atoms with E-state index in [0.29, 0.717) is 22.7 Å². The van der Waals surface area contributed by atoms with Crippen molar-refractivity contribution in [3.8, 4) is 11.1 Å². The first-order chi connectivity index (χ1) is 26.8. The lowest BCUT2D eigenvalue weighted by molar-refractivity contribution is 0.569. The molecule has 0 spiro atoms. The summed E-state index contributed by atoms with van der Waals surface area (Å²) in [5.41, 5.74) is 8.96. The molecule has 0 aliphatic carbocycles. The van der Waals surface area contributed by atoms with E-state index in [9.17, 15) is 4.11 Å². The minimum atomic E-state index is -0.465. The van der Waals surface area contributed by atoms with Gasteiger partial charge in [-0.25, -0.2) is 0 Å². The van der Waals surface area contributed by atoms with Crippen molar-refractivity contribution >= 4 is 108 Å². The highest BCUT2D eigenvalue weighted by Crippen LogP contribution is 2.50. The van der Waals surface area contributed by atoms with Crippen LogP contribution >= 0.6 is 11.3 Å². The lowest BCUT2D eigenvalue weighted by Crippen LogP contribution is -2.16. The van der Waals surface area contributed by atoms with Crippen molar-refractivity contribution in [1.82, 2.24) is 8.80 Å². The van der Waals surface area contributed by atoms with Crippen molar-refractivity contribution in [2.24, 2.45) is 0 Å². The Hall–Kier alpha value is -5.64. The zero-order valence-corrected chi connectivity index (χ0v) is 31.4. The normalized spacial score (nSPS) is 14.3. The van der Waals surface area contributed by atoms with Crippen LogP contribution in [-0.4, -0.2) is 8.80 Å². The number of thiophene rings is 1. The van der Waals surface area contributed by atoms with E-state index in [0.717, 1.165) is 32.9 Å². The molecule has 2 nitrogen and oxygen atoms in total. The third-order valence-electron chi connectivity index (χ3n) is 11.8. The maximum atomic E-state index is 9.89. The quantitative estimate of drug-likeness (QED) is 0.161. The SMILES string of the molecule is [2H]c1c(-c2ccc3c4c5c(ccc4n4c6cc7c8cccc9c%10ccccc%10n(c7cc6c2c34)c98)sc2ccccc25)c([2H])c(C(C)(C)C)c([2H])c1C(C)(C)C. The van der Waals surface area contributed by atoms with Crippen LogP contribution in [-0.2, 0) is 10.8 Å². The van der Waals surface area contributed by atoms with Crippen LogP contribution in [0.15, 0.2) is 121 Å². The van der Waals surface area contributed by atoms with Crippen molar-refractivity contribution in [3.05, 3.63) is 132 Å². The van der Waals surface area contributed by atoms with E-state index in [4.69, 9.17) is 0 Å². The molecule has 0 saturated carbocycles. The first-order valence-electron chi connectivity index (χ1n) is 20.1. The van der Waals surface area contributed by atoms with Crippen LogP contribution < -0.4 is 0 Å². The van der Waals surface area contributed by atoms with E-state index in [1.807, 2.05) is 11.3 Å². The Kier molecular flexibility index (Phi) is 4.93. The van der Waals surface area contributed by atoms with Gasteiger partial charge in [0.25, 0.3) is 0 Å². The molecule has 5 aromatic heterocycles. The monoisotopic (exact) mass is 701 g/mol. The minimum Gasteiger partial charge on any atom is -0.308 e. The first-order valence-corrected chi connectivity index (χ1v) is 19.4. The zero-order valence-electron chi connectivity index (χ0n) is 33.6. The molecular weight excluding hydrogens is 661 g/mol. The van der Waals surface area contributed by atoms with Crippen LogP contribution in [0.4, 0.5) is 0 Å². The summed E-state index contributed by atoms with van der Waals surface area (Å²) in [7, 11) is 0. The first kappa shape index (κ1) is 27.0. The molecule has 3 heteroatoms. The molecule has 12 aromatic rings. The maximum absolute atomic E-state index is 9.89. The third-order valence-corrected chi connectivity index (χ3v) is 12.9. The van der Waals surface area contributed by atoms with Crippen molar-refractivity contribution in [2.75, 3.05) is 0 Å². The fraction of sp³-hybridized carbons (Fsp3) is 0.160. The molecule has 0 bridgehead atoms. The lowest BCUT2D eigenvalue weighted by Gasteiger charge is -2.26. The van der Waals surface area contributed by atoms with Crippen molar-refractivity contribution in [1.29, 1.82) is 0 Å². The van der Waals surface area contributed by atoms with Gasteiger partial charge in [0, 0.05) is 63.3 Å². The van der Waals surface area contributed by atoms with E-state index in [-0.39, 0.29) is 12.1 Å². The van der Waals surface area contributed by atoms with Crippen LogP contribution in [0, 0.1) is 0 Å². The van der Waals surface area contributed by atoms with E-state index in [1.165, 1.54) is 69.0 Å². The number of aromatic nitrogens is 2. The summed E-state index contributed by atoms with van der Waals surface area (Å²) in [5.74, 6) is 0. The van der Waals surface area contributed by atoms with Gasteiger partial charge in [0.1, 0.15) is 0 Å². The number of hydrogen-bond acceptors (Lipinski definition) is 1. The smallest absolute Gasteiger partial charge is 0.0632 e. The second-order valence-corrected chi connectivity index (χ2v) is 18.2. The summed E-state index contributed by atoms with van der Waals surface area (Å²) in [6.45, 7) is 12.5. The Labute approximate surface area is 315 Å². The summed E-state index contributed by atoms with van der Waals surface area (Å²) < 4.78 is 36.7. The predicted octanol–water partition coefficient (Wildman–Crippen LogP) is 14.6. The fourth-order valence-corrected chi connectivity index (χ4v) is 10.5. The molecule has 0 fully saturated rings. The average molecular weight is 702 g/mol. The Bertz CT molecular complexity index is 3660. The summed E-state index contributed by atoms with van der Waals surface area (Å²) >= 11 is 1.84. The molecule has 12 rings (SSSR count). The van der Waals surface area contributed by atoms with Crippen LogP contribution in [0.1, 0.15) is 56.8 Å². The molecule has 0 aliphatic heterocycles. The van der Waals surface area contributed by atoms with Gasteiger partial charge in [-0.2, -0.15) is 0 Å². The average Bonchev–Trinajstić information content (AvgIpc) is 3.93. The molecule has 0 amide bonds. The van der Waals surface area contributed by atoms with Gasteiger partial charge in [-0.05, 0) is 69.5 Å². The predicted molar refractivity (Wildman–Crippen MR) is 231 cm³/mol. The van der Waals surface area contributed by atoms with E-state index < -0.39 is 10.8 Å². The van der Waals surface area contributed by atoms with Crippen LogP contribution in [0.2, 0.25) is 0 Å². The lowest BCUT2D eigenvalue weighted by atomic mass is 9.78. The number of benzene rings is 7. The van der Waals surface area contributed by atoms with Crippen LogP contribution in [0.5, 0.6) is 0 Å². The van der Waals surface area contributed by atoms with Crippen LogP contribution in [0.25, 0.3) is 107 Å². The highest BCUT2D eigenvalue weighted by atomic mass is 32.1. The van der Waals surface area contributed by atoms with Crippen molar-refractivity contribution in [3.63, 3.8) is 0 Å². The summed E-state index contributed by atoms with van der Waals surface area (Å²) in [6, 6.07) is 38.8. The van der Waals surface area contributed by atoms with Gasteiger partial charge in [-0.1, -0.05) is 126 Å². The van der Waals surface area contributed by atoms with E-state index in [2.05, 4.69) is 153 Å². The Morgan fingerprint density at radius 1 is 0.453 bits per heavy atom. The van der Waals surface area contributed by atoms with E-state index >= 15 is 0 Å². The van der Waals surface area contributed by atoms with Gasteiger partial charge in [-0.3, -0.25) is 0 Å². The summed E-state index contributed by atoms with van der Waals surface area (Å²) in [6.07, 6.45) is 0. The Balaban J connectivity index is 1.35. The van der Waals surface area contributed by atoms with Gasteiger partial charge >= 0.3 is 0 Å². The molecular formula is C50H38N2S. The molecule has 0 N–H and O–H groups in total. The molecule has 0 unspecified atom stereocenters. The highest BCUT2D eigenvalue weighted by molar-refractivity contribution is 7.26. The number of rotatable bonds is 1. The number of fused-ring (bicyclic) bond motifs is 16.